The fourth-order valence-corrected chi connectivity index (χ4v) is 3.11. The third-order valence-electron chi connectivity index (χ3n) is 4.58. The summed E-state index contributed by atoms with van der Waals surface area (Å²) in [5.41, 5.74) is 0.420. The summed E-state index contributed by atoms with van der Waals surface area (Å²) in [6, 6.07) is 1.20. The molecule has 3 unspecified atom stereocenters. The monoisotopic (exact) mass is 254 g/mol. The number of nitrogens with one attached hydrogen (secondary N) is 1. The van der Waals surface area contributed by atoms with Crippen LogP contribution in [-0.4, -0.2) is 48.8 Å². The lowest BCUT2D eigenvalue weighted by Crippen LogP contribution is -2.61. The van der Waals surface area contributed by atoms with Crippen molar-refractivity contribution in [1.82, 2.24) is 10.2 Å². The lowest BCUT2D eigenvalue weighted by molar-refractivity contribution is -0.0312. The van der Waals surface area contributed by atoms with E-state index >= 15 is 0 Å². The Hall–Kier alpha value is -0.120. The van der Waals surface area contributed by atoms with E-state index in [4.69, 9.17) is 4.74 Å². The number of hydrogen-bond acceptors (Lipinski definition) is 3. The molecule has 0 radical (unpaired) electrons. The fourth-order valence-electron chi connectivity index (χ4n) is 3.11. The molecule has 0 saturated carbocycles. The van der Waals surface area contributed by atoms with Crippen LogP contribution in [0.1, 0.15) is 47.5 Å². The molecule has 0 aromatic heterocycles. The molecule has 2 rings (SSSR count). The topological polar surface area (TPSA) is 24.5 Å². The molecule has 0 bridgehead atoms. The third-order valence-corrected chi connectivity index (χ3v) is 4.58. The van der Waals surface area contributed by atoms with Crippen LogP contribution in [0.15, 0.2) is 0 Å². The third kappa shape index (κ3) is 3.25. The van der Waals surface area contributed by atoms with Gasteiger partial charge in [0.15, 0.2) is 0 Å². The van der Waals surface area contributed by atoms with Gasteiger partial charge in [0.05, 0.1) is 5.60 Å². The van der Waals surface area contributed by atoms with Gasteiger partial charge in [-0.15, -0.1) is 0 Å². The largest absolute Gasteiger partial charge is 0.374 e. The van der Waals surface area contributed by atoms with Crippen LogP contribution in [0.25, 0.3) is 0 Å². The first kappa shape index (κ1) is 14.3. The zero-order valence-electron chi connectivity index (χ0n) is 12.8. The second-order valence-electron chi connectivity index (χ2n) is 7.51. The maximum atomic E-state index is 5.95. The van der Waals surface area contributed by atoms with Crippen LogP contribution < -0.4 is 5.32 Å². The molecular formula is C15H30N2O. The van der Waals surface area contributed by atoms with Crippen LogP contribution in [0.4, 0.5) is 0 Å². The summed E-state index contributed by atoms with van der Waals surface area (Å²) < 4.78 is 5.95. The Labute approximate surface area is 112 Å². The summed E-state index contributed by atoms with van der Waals surface area (Å²) in [6.45, 7) is 15.8. The summed E-state index contributed by atoms with van der Waals surface area (Å²) in [5, 5.41) is 3.69. The summed E-state index contributed by atoms with van der Waals surface area (Å²) in [6.07, 6.45) is 2.43. The molecule has 0 spiro atoms. The van der Waals surface area contributed by atoms with Crippen LogP contribution in [0.3, 0.4) is 0 Å². The predicted molar refractivity (Wildman–Crippen MR) is 75.9 cm³/mol. The quantitative estimate of drug-likeness (QED) is 0.818. The van der Waals surface area contributed by atoms with E-state index in [0.29, 0.717) is 17.5 Å². The molecule has 0 aromatic carbocycles. The Balaban J connectivity index is 1.97. The average molecular weight is 254 g/mol. The molecule has 2 aliphatic heterocycles. The van der Waals surface area contributed by atoms with Gasteiger partial charge in [0.1, 0.15) is 0 Å². The van der Waals surface area contributed by atoms with Crippen molar-refractivity contribution >= 4 is 0 Å². The molecule has 2 fully saturated rings. The highest BCUT2D eigenvalue weighted by Gasteiger charge is 2.37. The van der Waals surface area contributed by atoms with Gasteiger partial charge >= 0.3 is 0 Å². The second-order valence-corrected chi connectivity index (χ2v) is 7.51. The minimum atomic E-state index is 0.0913. The molecule has 18 heavy (non-hydrogen) atoms. The zero-order valence-corrected chi connectivity index (χ0v) is 12.8. The molecule has 2 aliphatic rings. The first-order valence-corrected chi connectivity index (χ1v) is 7.42. The molecule has 0 aliphatic carbocycles. The fraction of sp³-hybridized carbons (Fsp3) is 1.00. The van der Waals surface area contributed by atoms with Crippen LogP contribution in [0.2, 0.25) is 0 Å². The van der Waals surface area contributed by atoms with Gasteiger partial charge in [-0.1, -0.05) is 20.8 Å². The van der Waals surface area contributed by atoms with E-state index < -0.39 is 0 Å². The van der Waals surface area contributed by atoms with E-state index in [0.717, 1.165) is 26.2 Å². The Bertz CT molecular complexity index is 279. The van der Waals surface area contributed by atoms with Crippen molar-refractivity contribution < 1.29 is 4.74 Å². The number of rotatable bonds is 2. The first-order valence-electron chi connectivity index (χ1n) is 7.42. The summed E-state index contributed by atoms with van der Waals surface area (Å²) in [5.74, 6) is 0. The van der Waals surface area contributed by atoms with Gasteiger partial charge in [-0.25, -0.2) is 0 Å². The molecular weight excluding hydrogens is 224 g/mol. The van der Waals surface area contributed by atoms with Gasteiger partial charge in [-0.3, -0.25) is 4.90 Å². The number of ether oxygens (including phenoxy) is 1. The lowest BCUT2D eigenvalue weighted by atomic mass is 9.84. The number of nitrogens with zero attached hydrogens (tertiary/aromatic N) is 1. The van der Waals surface area contributed by atoms with Crippen LogP contribution in [0, 0.1) is 5.41 Å². The molecule has 3 nitrogen and oxygen atoms in total. The Morgan fingerprint density at radius 3 is 2.67 bits per heavy atom. The highest BCUT2D eigenvalue weighted by Crippen LogP contribution is 2.29. The molecule has 3 heteroatoms. The molecule has 106 valence electrons. The van der Waals surface area contributed by atoms with Crippen molar-refractivity contribution in [1.29, 1.82) is 0 Å². The molecule has 0 amide bonds. The predicted octanol–water partition coefficient (Wildman–Crippen LogP) is 2.26. The van der Waals surface area contributed by atoms with Crippen molar-refractivity contribution in [3.05, 3.63) is 0 Å². The van der Waals surface area contributed by atoms with Crippen molar-refractivity contribution in [2.24, 2.45) is 5.41 Å². The second kappa shape index (κ2) is 5.10. The average Bonchev–Trinajstić information content (AvgIpc) is 2.67. The van der Waals surface area contributed by atoms with Gasteiger partial charge in [0.25, 0.3) is 0 Å². The van der Waals surface area contributed by atoms with Gasteiger partial charge in [-0.05, 0) is 32.1 Å². The van der Waals surface area contributed by atoms with Gasteiger partial charge in [0.2, 0.25) is 0 Å². The van der Waals surface area contributed by atoms with Crippen molar-refractivity contribution in [3.8, 4) is 0 Å². The summed E-state index contributed by atoms with van der Waals surface area (Å²) in [7, 11) is 0. The molecule has 3 atom stereocenters. The summed E-state index contributed by atoms with van der Waals surface area (Å²) in [4.78, 5) is 2.62. The van der Waals surface area contributed by atoms with E-state index in [1.54, 1.807) is 0 Å². The molecule has 2 heterocycles. The molecule has 0 aromatic rings. The number of piperazine rings is 1. The SMILES string of the molecule is CC1CNC(C(C)(C)C)CN1CC1(C)CCCO1. The number of hydrogen-bond donors (Lipinski definition) is 1. The van der Waals surface area contributed by atoms with Gasteiger partial charge in [-0.2, -0.15) is 0 Å². The summed E-state index contributed by atoms with van der Waals surface area (Å²) >= 11 is 0. The molecule has 2 saturated heterocycles. The smallest absolute Gasteiger partial charge is 0.0781 e. The van der Waals surface area contributed by atoms with Crippen molar-refractivity contribution in [3.63, 3.8) is 0 Å². The van der Waals surface area contributed by atoms with E-state index in [1.807, 2.05) is 0 Å². The van der Waals surface area contributed by atoms with Crippen LogP contribution >= 0.6 is 0 Å². The lowest BCUT2D eigenvalue weighted by Gasteiger charge is -2.46. The van der Waals surface area contributed by atoms with E-state index in [-0.39, 0.29) is 5.60 Å². The first-order chi connectivity index (χ1) is 8.30. The Morgan fingerprint density at radius 2 is 2.11 bits per heavy atom. The van der Waals surface area contributed by atoms with Gasteiger partial charge < -0.3 is 10.1 Å². The Morgan fingerprint density at radius 1 is 1.39 bits per heavy atom. The van der Waals surface area contributed by atoms with Crippen LogP contribution in [0.5, 0.6) is 0 Å². The maximum absolute atomic E-state index is 5.95. The van der Waals surface area contributed by atoms with E-state index in [1.165, 1.54) is 12.8 Å². The zero-order chi connectivity index (χ0) is 13.4. The minimum absolute atomic E-state index is 0.0913. The van der Waals surface area contributed by atoms with Gasteiger partial charge in [0, 0.05) is 38.3 Å². The maximum Gasteiger partial charge on any atom is 0.0781 e. The van der Waals surface area contributed by atoms with Crippen LogP contribution in [-0.2, 0) is 4.74 Å². The Kier molecular flexibility index (Phi) is 4.05. The highest BCUT2D eigenvalue weighted by molar-refractivity contribution is 4.94. The highest BCUT2D eigenvalue weighted by atomic mass is 16.5. The van der Waals surface area contributed by atoms with E-state index in [2.05, 4.69) is 44.8 Å². The van der Waals surface area contributed by atoms with Crippen molar-refractivity contribution in [2.45, 2.75) is 65.1 Å². The minimum Gasteiger partial charge on any atom is -0.374 e. The normalized spacial score (nSPS) is 39.2. The molecule has 1 N–H and O–H groups in total. The van der Waals surface area contributed by atoms with E-state index in [9.17, 15) is 0 Å². The van der Waals surface area contributed by atoms with Crippen molar-refractivity contribution in [2.75, 3.05) is 26.2 Å². The standard InChI is InChI=1S/C15H30N2O/c1-12-9-16-13(14(2,3)4)10-17(12)11-15(5)7-6-8-18-15/h12-13,16H,6-11H2,1-5H3.